The van der Waals surface area contributed by atoms with E-state index < -0.39 is 0 Å². The van der Waals surface area contributed by atoms with Crippen LogP contribution in [-0.4, -0.2) is 0 Å². The fourth-order valence-electron chi connectivity index (χ4n) is 2.79. The lowest BCUT2D eigenvalue weighted by atomic mass is 9.95. The van der Waals surface area contributed by atoms with Gasteiger partial charge in [0.2, 0.25) is 0 Å². The highest BCUT2D eigenvalue weighted by molar-refractivity contribution is 6.08. The minimum atomic E-state index is 1.29. The standard InChI is InChI=1S/C18H12/c1-2-5-13(6-3-1)16-11-9-14-7-4-8-15-10-12-17(16)18(14)15/h1-12H. The molecule has 0 heterocycles. The zero-order valence-corrected chi connectivity index (χ0v) is 9.93. The fraction of sp³-hybridized carbons (Fsp3) is 0. The van der Waals surface area contributed by atoms with Gasteiger partial charge in [0.05, 0.1) is 0 Å². The van der Waals surface area contributed by atoms with Crippen LogP contribution in [0.5, 0.6) is 0 Å². The van der Waals surface area contributed by atoms with Crippen LogP contribution >= 0.6 is 0 Å². The molecule has 0 saturated carbocycles. The third kappa shape index (κ3) is 1.26. The molecular weight excluding hydrogens is 216 g/mol. The van der Waals surface area contributed by atoms with Gasteiger partial charge in [0.15, 0.2) is 0 Å². The maximum Gasteiger partial charge on any atom is -0.00326 e. The highest BCUT2D eigenvalue weighted by Gasteiger charge is 2.13. The first kappa shape index (κ1) is 9.67. The third-order valence-corrected chi connectivity index (χ3v) is 3.63. The zero-order chi connectivity index (χ0) is 11.9. The van der Waals surface area contributed by atoms with E-state index in [0.29, 0.717) is 0 Å². The first-order valence-electron chi connectivity index (χ1n) is 6.23. The van der Waals surface area contributed by atoms with Crippen LogP contribution in [0.3, 0.4) is 0 Å². The number of hydrogen-bond donors (Lipinski definition) is 0. The van der Waals surface area contributed by atoms with Gasteiger partial charge in [-0.15, -0.1) is 0 Å². The van der Waals surface area contributed by atoms with E-state index in [4.69, 9.17) is 0 Å². The van der Waals surface area contributed by atoms with E-state index in [1.165, 1.54) is 33.0 Å². The van der Waals surface area contributed by atoms with Crippen molar-refractivity contribution in [2.45, 2.75) is 0 Å². The van der Waals surface area contributed by atoms with Crippen LogP contribution in [0.4, 0.5) is 0 Å². The molecule has 0 nitrogen and oxygen atoms in total. The van der Waals surface area contributed by atoms with Gasteiger partial charge in [-0.2, -0.15) is 0 Å². The summed E-state index contributed by atoms with van der Waals surface area (Å²) in [4.78, 5) is 0. The number of benzene rings is 3. The second-order valence-corrected chi connectivity index (χ2v) is 4.67. The average Bonchev–Trinajstić information content (AvgIpc) is 2.87. The van der Waals surface area contributed by atoms with E-state index in [9.17, 15) is 0 Å². The van der Waals surface area contributed by atoms with Gasteiger partial charge in [-0.1, -0.05) is 72.8 Å². The molecule has 0 fully saturated rings. The van der Waals surface area contributed by atoms with Gasteiger partial charge in [0, 0.05) is 0 Å². The first-order valence-corrected chi connectivity index (χ1v) is 6.23. The Morgan fingerprint density at radius 2 is 1.50 bits per heavy atom. The lowest BCUT2D eigenvalue weighted by Gasteiger charge is -2.08. The molecular formula is C18H12. The van der Waals surface area contributed by atoms with Crippen molar-refractivity contribution in [2.24, 2.45) is 0 Å². The van der Waals surface area contributed by atoms with Gasteiger partial charge in [-0.05, 0) is 33.0 Å². The summed E-state index contributed by atoms with van der Waals surface area (Å²) in [5.74, 6) is 0. The van der Waals surface area contributed by atoms with E-state index in [1.807, 2.05) is 0 Å². The predicted octanol–water partition coefficient (Wildman–Crippen LogP) is 4.99. The Morgan fingerprint density at radius 1 is 0.611 bits per heavy atom. The highest BCUT2D eigenvalue weighted by atomic mass is 14.2. The summed E-state index contributed by atoms with van der Waals surface area (Å²) in [7, 11) is 0. The number of hydrogen-bond acceptors (Lipinski definition) is 0. The summed E-state index contributed by atoms with van der Waals surface area (Å²) in [6, 6.07) is 21.5. The predicted molar refractivity (Wildman–Crippen MR) is 78.3 cm³/mol. The third-order valence-electron chi connectivity index (χ3n) is 3.63. The molecule has 3 aromatic carbocycles. The van der Waals surface area contributed by atoms with E-state index in [2.05, 4.69) is 72.8 Å². The van der Waals surface area contributed by atoms with Crippen molar-refractivity contribution in [1.29, 1.82) is 0 Å². The second kappa shape index (κ2) is 3.58. The number of rotatable bonds is 1. The van der Waals surface area contributed by atoms with Crippen LogP contribution in [0.1, 0.15) is 11.1 Å². The van der Waals surface area contributed by atoms with Crippen molar-refractivity contribution < 1.29 is 0 Å². The van der Waals surface area contributed by atoms with E-state index >= 15 is 0 Å². The van der Waals surface area contributed by atoms with Crippen LogP contribution in [0.2, 0.25) is 0 Å². The van der Waals surface area contributed by atoms with Crippen LogP contribution in [0.15, 0.2) is 60.7 Å². The summed E-state index contributed by atoms with van der Waals surface area (Å²) in [6.07, 6.45) is 4.45. The quantitative estimate of drug-likeness (QED) is 0.430. The highest BCUT2D eigenvalue weighted by Crippen LogP contribution is 2.37. The molecule has 3 aromatic rings. The minimum absolute atomic E-state index is 1.29. The monoisotopic (exact) mass is 228 g/mol. The van der Waals surface area contributed by atoms with Gasteiger partial charge < -0.3 is 0 Å². The van der Waals surface area contributed by atoms with Crippen LogP contribution < -0.4 is 0 Å². The SMILES string of the molecule is C1=Cc2c(-c3ccccc3)ccc3cccc1c23. The van der Waals surface area contributed by atoms with Crippen LogP contribution in [0.25, 0.3) is 34.1 Å². The molecule has 0 spiro atoms. The Bertz CT molecular complexity index is 765. The van der Waals surface area contributed by atoms with E-state index in [0.717, 1.165) is 0 Å². The maximum absolute atomic E-state index is 2.24. The van der Waals surface area contributed by atoms with E-state index in [-0.39, 0.29) is 0 Å². The van der Waals surface area contributed by atoms with Crippen molar-refractivity contribution in [2.75, 3.05) is 0 Å². The molecule has 18 heavy (non-hydrogen) atoms. The summed E-state index contributed by atoms with van der Waals surface area (Å²) >= 11 is 0. The lowest BCUT2D eigenvalue weighted by molar-refractivity contribution is 1.63. The Balaban J connectivity index is 2.10. The summed E-state index contributed by atoms with van der Waals surface area (Å²) in [5, 5.41) is 2.71. The van der Waals surface area contributed by atoms with Gasteiger partial charge in [-0.3, -0.25) is 0 Å². The van der Waals surface area contributed by atoms with Crippen molar-refractivity contribution >= 4 is 22.9 Å². The molecule has 0 atom stereocenters. The Hall–Kier alpha value is -2.34. The lowest BCUT2D eigenvalue weighted by Crippen LogP contribution is -1.84. The molecule has 84 valence electrons. The maximum atomic E-state index is 2.24. The minimum Gasteiger partial charge on any atom is -0.0622 e. The normalized spacial score (nSPS) is 12.2. The van der Waals surface area contributed by atoms with E-state index in [1.54, 1.807) is 0 Å². The molecule has 0 unspecified atom stereocenters. The molecule has 0 heteroatoms. The molecule has 4 rings (SSSR count). The van der Waals surface area contributed by atoms with Crippen molar-refractivity contribution in [3.05, 3.63) is 71.8 Å². The second-order valence-electron chi connectivity index (χ2n) is 4.67. The van der Waals surface area contributed by atoms with Gasteiger partial charge in [-0.25, -0.2) is 0 Å². The molecule has 0 bridgehead atoms. The molecule has 0 aliphatic heterocycles. The van der Waals surface area contributed by atoms with Crippen LogP contribution in [-0.2, 0) is 0 Å². The molecule has 0 saturated heterocycles. The Morgan fingerprint density at radius 3 is 2.39 bits per heavy atom. The summed E-state index contributed by atoms with van der Waals surface area (Å²) < 4.78 is 0. The largest absolute Gasteiger partial charge is 0.0622 e. The molecule has 0 N–H and O–H groups in total. The Labute approximate surface area is 106 Å². The summed E-state index contributed by atoms with van der Waals surface area (Å²) in [6.45, 7) is 0. The zero-order valence-electron chi connectivity index (χ0n) is 9.93. The van der Waals surface area contributed by atoms with Crippen molar-refractivity contribution in [3.63, 3.8) is 0 Å². The van der Waals surface area contributed by atoms with Gasteiger partial charge in [0.25, 0.3) is 0 Å². The average molecular weight is 228 g/mol. The molecule has 1 aliphatic rings. The first-order chi connectivity index (χ1) is 8.93. The smallest absolute Gasteiger partial charge is 0.00326 e. The van der Waals surface area contributed by atoms with Gasteiger partial charge in [0.1, 0.15) is 0 Å². The van der Waals surface area contributed by atoms with Gasteiger partial charge >= 0.3 is 0 Å². The molecule has 0 amide bonds. The van der Waals surface area contributed by atoms with Crippen molar-refractivity contribution in [1.82, 2.24) is 0 Å². The molecule has 1 aliphatic carbocycles. The molecule has 0 aromatic heterocycles. The van der Waals surface area contributed by atoms with Crippen molar-refractivity contribution in [3.8, 4) is 11.1 Å². The molecule has 0 radical (unpaired) electrons. The fourth-order valence-corrected chi connectivity index (χ4v) is 2.79. The van der Waals surface area contributed by atoms with Crippen LogP contribution in [0, 0.1) is 0 Å². The summed E-state index contributed by atoms with van der Waals surface area (Å²) in [5.41, 5.74) is 5.30. The Kier molecular flexibility index (Phi) is 1.92. The topological polar surface area (TPSA) is 0 Å².